The summed E-state index contributed by atoms with van der Waals surface area (Å²) in [6.45, 7) is 5.55. The van der Waals surface area contributed by atoms with Gasteiger partial charge in [0.15, 0.2) is 11.5 Å². The highest BCUT2D eigenvalue weighted by atomic mass is 16.5. The van der Waals surface area contributed by atoms with E-state index < -0.39 is 0 Å². The number of nitrogens with zero attached hydrogens (tertiary/aromatic N) is 1. The van der Waals surface area contributed by atoms with Crippen LogP contribution in [-0.4, -0.2) is 24.2 Å². The molecule has 26 heavy (non-hydrogen) atoms. The van der Waals surface area contributed by atoms with Gasteiger partial charge in [-0.05, 0) is 55.8 Å². The average Bonchev–Trinajstić information content (AvgIpc) is 3.04. The number of aromatic nitrogens is 1. The number of nitrogens with one attached hydrogen (secondary N) is 1. The number of carbonyl (C=O) groups excluding carboxylic acids is 1. The van der Waals surface area contributed by atoms with Crippen LogP contribution in [-0.2, 0) is 6.54 Å². The third-order valence-corrected chi connectivity index (χ3v) is 4.22. The second-order valence-corrected chi connectivity index (χ2v) is 6.04. The molecule has 2 aromatic carbocycles. The van der Waals surface area contributed by atoms with Crippen LogP contribution in [0.15, 0.2) is 48.7 Å². The summed E-state index contributed by atoms with van der Waals surface area (Å²) in [5.41, 5.74) is 2.47. The fraction of sp³-hybridized carbons (Fsp3) is 0.286. The highest BCUT2D eigenvalue weighted by Crippen LogP contribution is 2.28. The van der Waals surface area contributed by atoms with Crippen molar-refractivity contribution in [2.24, 2.45) is 0 Å². The van der Waals surface area contributed by atoms with Gasteiger partial charge in [0.25, 0.3) is 5.91 Å². The third kappa shape index (κ3) is 3.67. The standard InChI is InChI=1S/C21H24N2O3/c1-4-11-23-12-10-15-13-17(7-8-18(15)23)22-21(24)16-6-9-19(25-3)20(14-16)26-5-2/h6-10,12-14H,4-5,11H2,1-3H3,(H,22,24). The lowest BCUT2D eigenvalue weighted by molar-refractivity contribution is 0.102. The van der Waals surface area contributed by atoms with Gasteiger partial charge in [-0.25, -0.2) is 0 Å². The zero-order chi connectivity index (χ0) is 18.5. The summed E-state index contributed by atoms with van der Waals surface area (Å²) in [7, 11) is 1.58. The Labute approximate surface area is 153 Å². The van der Waals surface area contributed by atoms with Gasteiger partial charge in [0.05, 0.1) is 13.7 Å². The zero-order valence-corrected chi connectivity index (χ0v) is 15.4. The first-order valence-corrected chi connectivity index (χ1v) is 8.87. The number of ether oxygens (including phenoxy) is 2. The average molecular weight is 352 g/mol. The largest absolute Gasteiger partial charge is 0.493 e. The number of benzene rings is 2. The summed E-state index contributed by atoms with van der Waals surface area (Å²) in [6.07, 6.45) is 3.17. The highest BCUT2D eigenvalue weighted by molar-refractivity contribution is 6.05. The van der Waals surface area contributed by atoms with Crippen molar-refractivity contribution in [1.29, 1.82) is 0 Å². The Morgan fingerprint density at radius 3 is 2.65 bits per heavy atom. The predicted molar refractivity (Wildman–Crippen MR) is 104 cm³/mol. The highest BCUT2D eigenvalue weighted by Gasteiger charge is 2.12. The molecule has 3 rings (SSSR count). The van der Waals surface area contributed by atoms with E-state index in [4.69, 9.17) is 9.47 Å². The molecule has 0 saturated heterocycles. The molecule has 0 unspecified atom stereocenters. The summed E-state index contributed by atoms with van der Waals surface area (Å²) in [5, 5.41) is 4.07. The van der Waals surface area contributed by atoms with Crippen molar-refractivity contribution >= 4 is 22.5 Å². The Balaban J connectivity index is 1.81. The van der Waals surface area contributed by atoms with E-state index in [1.54, 1.807) is 25.3 Å². The smallest absolute Gasteiger partial charge is 0.255 e. The summed E-state index contributed by atoms with van der Waals surface area (Å²) in [4.78, 5) is 12.6. The number of anilines is 1. The summed E-state index contributed by atoms with van der Waals surface area (Å²) >= 11 is 0. The number of hydrogen-bond donors (Lipinski definition) is 1. The molecule has 0 atom stereocenters. The molecule has 0 saturated carbocycles. The number of rotatable bonds is 7. The van der Waals surface area contributed by atoms with Crippen molar-refractivity contribution in [1.82, 2.24) is 4.57 Å². The topological polar surface area (TPSA) is 52.5 Å². The Morgan fingerprint density at radius 1 is 1.08 bits per heavy atom. The van der Waals surface area contributed by atoms with Gasteiger partial charge in [-0.15, -0.1) is 0 Å². The molecule has 136 valence electrons. The van der Waals surface area contributed by atoms with Crippen molar-refractivity contribution in [3.05, 3.63) is 54.2 Å². The zero-order valence-electron chi connectivity index (χ0n) is 15.4. The van der Waals surface area contributed by atoms with E-state index in [2.05, 4.69) is 29.1 Å². The van der Waals surface area contributed by atoms with Gasteiger partial charge in [0, 0.05) is 34.9 Å². The molecule has 5 nitrogen and oxygen atoms in total. The summed E-state index contributed by atoms with van der Waals surface area (Å²) < 4.78 is 13.0. The molecule has 3 aromatic rings. The number of hydrogen-bond acceptors (Lipinski definition) is 3. The minimum Gasteiger partial charge on any atom is -0.493 e. The molecule has 1 amide bonds. The van der Waals surface area contributed by atoms with E-state index >= 15 is 0 Å². The number of amides is 1. The molecule has 5 heteroatoms. The predicted octanol–water partition coefficient (Wildman–Crippen LogP) is 4.71. The molecule has 0 spiro atoms. The van der Waals surface area contributed by atoms with Crippen LogP contribution in [0.1, 0.15) is 30.6 Å². The molecule has 0 radical (unpaired) electrons. The van der Waals surface area contributed by atoms with Crippen LogP contribution < -0.4 is 14.8 Å². The van der Waals surface area contributed by atoms with Crippen LogP contribution in [0, 0.1) is 0 Å². The fourth-order valence-corrected chi connectivity index (χ4v) is 3.00. The third-order valence-electron chi connectivity index (χ3n) is 4.22. The fourth-order valence-electron chi connectivity index (χ4n) is 3.00. The van der Waals surface area contributed by atoms with E-state index in [1.165, 1.54) is 5.52 Å². The Morgan fingerprint density at radius 2 is 1.92 bits per heavy atom. The van der Waals surface area contributed by atoms with Crippen molar-refractivity contribution in [3.8, 4) is 11.5 Å². The van der Waals surface area contributed by atoms with Crippen LogP contribution in [0.5, 0.6) is 11.5 Å². The quantitative estimate of drug-likeness (QED) is 0.670. The van der Waals surface area contributed by atoms with Gasteiger partial charge in [0.2, 0.25) is 0 Å². The lowest BCUT2D eigenvalue weighted by Crippen LogP contribution is -2.12. The van der Waals surface area contributed by atoms with Crippen molar-refractivity contribution in [3.63, 3.8) is 0 Å². The van der Waals surface area contributed by atoms with E-state index in [9.17, 15) is 4.79 Å². The van der Waals surface area contributed by atoms with Crippen LogP contribution in [0.3, 0.4) is 0 Å². The van der Waals surface area contributed by atoms with Gasteiger partial charge in [-0.3, -0.25) is 4.79 Å². The van der Waals surface area contributed by atoms with Crippen molar-refractivity contribution < 1.29 is 14.3 Å². The van der Waals surface area contributed by atoms with Crippen LogP contribution in [0.4, 0.5) is 5.69 Å². The van der Waals surface area contributed by atoms with Crippen molar-refractivity contribution in [2.45, 2.75) is 26.8 Å². The maximum Gasteiger partial charge on any atom is 0.255 e. The first-order valence-electron chi connectivity index (χ1n) is 8.87. The Bertz CT molecular complexity index is 915. The molecule has 0 bridgehead atoms. The minimum atomic E-state index is -0.180. The molecular weight excluding hydrogens is 328 g/mol. The number of carbonyl (C=O) groups is 1. The molecule has 1 N–H and O–H groups in total. The van der Waals surface area contributed by atoms with Gasteiger partial charge in [0.1, 0.15) is 0 Å². The first-order chi connectivity index (χ1) is 12.7. The lowest BCUT2D eigenvalue weighted by atomic mass is 10.1. The molecule has 0 aliphatic heterocycles. The Hall–Kier alpha value is -2.95. The normalized spacial score (nSPS) is 10.7. The second-order valence-electron chi connectivity index (χ2n) is 6.04. The number of methoxy groups -OCH3 is 1. The molecular formula is C21H24N2O3. The van der Waals surface area contributed by atoms with Crippen LogP contribution in [0.25, 0.3) is 10.9 Å². The van der Waals surface area contributed by atoms with Crippen molar-refractivity contribution in [2.75, 3.05) is 19.0 Å². The van der Waals surface area contributed by atoms with Gasteiger partial charge >= 0.3 is 0 Å². The molecule has 1 aromatic heterocycles. The van der Waals surface area contributed by atoms with Gasteiger partial charge in [-0.1, -0.05) is 6.92 Å². The molecule has 0 aliphatic rings. The molecule has 1 heterocycles. The molecule has 0 fully saturated rings. The Kier molecular flexibility index (Phi) is 5.46. The number of aryl methyl sites for hydroxylation is 1. The first kappa shape index (κ1) is 17.9. The van der Waals surface area contributed by atoms with Crippen LogP contribution >= 0.6 is 0 Å². The summed E-state index contributed by atoms with van der Waals surface area (Å²) in [6, 6.07) is 13.2. The second kappa shape index (κ2) is 7.95. The lowest BCUT2D eigenvalue weighted by Gasteiger charge is -2.11. The minimum absolute atomic E-state index is 0.180. The van der Waals surface area contributed by atoms with E-state index in [0.717, 1.165) is 24.0 Å². The molecule has 0 aliphatic carbocycles. The number of fused-ring (bicyclic) bond motifs is 1. The van der Waals surface area contributed by atoms with E-state index in [-0.39, 0.29) is 5.91 Å². The van der Waals surface area contributed by atoms with E-state index in [1.807, 2.05) is 25.1 Å². The maximum absolute atomic E-state index is 12.6. The summed E-state index contributed by atoms with van der Waals surface area (Å²) in [5.74, 6) is 0.998. The van der Waals surface area contributed by atoms with Crippen LogP contribution in [0.2, 0.25) is 0 Å². The van der Waals surface area contributed by atoms with E-state index in [0.29, 0.717) is 23.7 Å². The maximum atomic E-state index is 12.6. The monoisotopic (exact) mass is 352 g/mol. The SMILES string of the molecule is CCCn1ccc2cc(NC(=O)c3ccc(OC)c(OCC)c3)ccc21. The van der Waals surface area contributed by atoms with Gasteiger partial charge in [-0.2, -0.15) is 0 Å². The van der Waals surface area contributed by atoms with Gasteiger partial charge < -0.3 is 19.4 Å².